The van der Waals surface area contributed by atoms with Crippen LogP contribution in [0, 0.1) is 11.6 Å². The van der Waals surface area contributed by atoms with Crippen LogP contribution >= 0.6 is 28.3 Å². The molecule has 0 aliphatic rings. The second-order valence-corrected chi connectivity index (χ2v) is 3.78. The molecule has 1 atom stereocenters. The summed E-state index contributed by atoms with van der Waals surface area (Å²) >= 11 is 2.94. The molecule has 0 spiro atoms. The molecule has 1 aromatic rings. The molecule has 0 saturated heterocycles. The fourth-order valence-corrected chi connectivity index (χ4v) is 1.57. The topological polar surface area (TPSA) is 26.0 Å². The predicted molar refractivity (Wildman–Crippen MR) is 58.8 cm³/mol. The molecule has 1 nitrogen and oxygen atoms in total. The Morgan fingerprint density at radius 1 is 1.27 bits per heavy atom. The first kappa shape index (κ1) is 14.7. The van der Waals surface area contributed by atoms with Crippen molar-refractivity contribution in [2.75, 3.05) is 6.67 Å². The first-order valence-corrected chi connectivity index (χ1v) is 4.81. The minimum Gasteiger partial charge on any atom is -0.324 e. The number of alkyl halides is 1. The fraction of sp³-hybridized carbons (Fsp3) is 0.333. The highest BCUT2D eigenvalue weighted by Crippen LogP contribution is 2.25. The number of halogens is 5. The molecular formula is C9H10BrClF3N. The second-order valence-electron chi connectivity index (χ2n) is 2.87. The van der Waals surface area contributed by atoms with E-state index in [0.29, 0.717) is 4.47 Å². The minimum absolute atomic E-state index is 0. The Hall–Kier alpha value is -0.260. The van der Waals surface area contributed by atoms with Gasteiger partial charge in [0.2, 0.25) is 0 Å². The van der Waals surface area contributed by atoms with E-state index < -0.39 is 24.4 Å². The number of hydrogen-bond donors (Lipinski definition) is 1. The average molecular weight is 305 g/mol. The van der Waals surface area contributed by atoms with Crippen LogP contribution in [0.25, 0.3) is 0 Å². The lowest BCUT2D eigenvalue weighted by atomic mass is 10.0. The standard InChI is InChI=1S/C9H9BrF3N.ClH/c10-5-3-6(12)9(7(13)4-5)8(14)1-2-11;/h3-4,8H,1-2,14H2;1H/t8-;/m0./s1. The lowest BCUT2D eigenvalue weighted by molar-refractivity contribution is 0.425. The third kappa shape index (κ3) is 3.66. The summed E-state index contributed by atoms with van der Waals surface area (Å²) in [4.78, 5) is 0. The molecular weight excluding hydrogens is 294 g/mol. The average Bonchev–Trinajstić information content (AvgIpc) is 2.01. The van der Waals surface area contributed by atoms with Gasteiger partial charge in [0, 0.05) is 16.1 Å². The zero-order chi connectivity index (χ0) is 10.7. The van der Waals surface area contributed by atoms with Gasteiger partial charge >= 0.3 is 0 Å². The van der Waals surface area contributed by atoms with Gasteiger partial charge in [0.1, 0.15) is 11.6 Å². The summed E-state index contributed by atoms with van der Waals surface area (Å²) in [6.45, 7) is -0.698. The van der Waals surface area contributed by atoms with Crippen molar-refractivity contribution >= 4 is 28.3 Å². The van der Waals surface area contributed by atoms with Gasteiger partial charge in [0.25, 0.3) is 0 Å². The van der Waals surface area contributed by atoms with Gasteiger partial charge in [-0.15, -0.1) is 12.4 Å². The summed E-state index contributed by atoms with van der Waals surface area (Å²) < 4.78 is 38.7. The Morgan fingerprint density at radius 3 is 2.13 bits per heavy atom. The van der Waals surface area contributed by atoms with Crippen molar-refractivity contribution in [2.45, 2.75) is 12.5 Å². The van der Waals surface area contributed by atoms with Gasteiger partial charge in [-0.05, 0) is 18.6 Å². The van der Waals surface area contributed by atoms with Crippen LogP contribution in [-0.4, -0.2) is 6.67 Å². The summed E-state index contributed by atoms with van der Waals surface area (Å²) in [6, 6.07) is 1.28. The third-order valence-corrected chi connectivity index (χ3v) is 2.29. The molecule has 0 fully saturated rings. The molecule has 0 aliphatic carbocycles. The van der Waals surface area contributed by atoms with Gasteiger partial charge in [-0.2, -0.15) is 0 Å². The Bertz CT molecular complexity index is 312. The highest BCUT2D eigenvalue weighted by Gasteiger charge is 2.17. The molecule has 1 rings (SSSR count). The minimum atomic E-state index is -0.937. The van der Waals surface area contributed by atoms with Crippen LogP contribution in [0.5, 0.6) is 0 Å². The fourth-order valence-electron chi connectivity index (χ4n) is 1.17. The van der Waals surface area contributed by atoms with E-state index in [4.69, 9.17) is 5.73 Å². The van der Waals surface area contributed by atoms with Crippen LogP contribution in [-0.2, 0) is 0 Å². The van der Waals surface area contributed by atoms with Crippen LogP contribution in [0.3, 0.4) is 0 Å². The third-order valence-electron chi connectivity index (χ3n) is 1.83. The van der Waals surface area contributed by atoms with Crippen molar-refractivity contribution in [3.63, 3.8) is 0 Å². The van der Waals surface area contributed by atoms with Crippen molar-refractivity contribution < 1.29 is 13.2 Å². The first-order valence-electron chi connectivity index (χ1n) is 4.02. The number of benzene rings is 1. The van der Waals surface area contributed by atoms with E-state index in [0.717, 1.165) is 12.1 Å². The molecule has 1 aromatic carbocycles. The number of nitrogens with two attached hydrogens (primary N) is 1. The number of rotatable bonds is 3. The molecule has 86 valence electrons. The molecule has 0 bridgehead atoms. The summed E-state index contributed by atoms with van der Waals surface area (Å²) in [7, 11) is 0. The quantitative estimate of drug-likeness (QED) is 0.908. The van der Waals surface area contributed by atoms with Crippen molar-refractivity contribution in [1.82, 2.24) is 0 Å². The second kappa shape index (κ2) is 6.35. The first-order chi connectivity index (χ1) is 6.56. The van der Waals surface area contributed by atoms with Gasteiger partial charge in [-0.25, -0.2) is 8.78 Å². The van der Waals surface area contributed by atoms with E-state index in [-0.39, 0.29) is 24.4 Å². The molecule has 0 aromatic heterocycles. The maximum absolute atomic E-state index is 13.2. The van der Waals surface area contributed by atoms with Crippen LogP contribution in [0.2, 0.25) is 0 Å². The smallest absolute Gasteiger partial charge is 0.132 e. The molecule has 2 N–H and O–H groups in total. The van der Waals surface area contributed by atoms with Gasteiger partial charge in [-0.1, -0.05) is 15.9 Å². The van der Waals surface area contributed by atoms with Crippen molar-refractivity contribution in [2.24, 2.45) is 5.73 Å². The zero-order valence-electron chi connectivity index (χ0n) is 7.64. The van der Waals surface area contributed by atoms with Crippen molar-refractivity contribution in [3.8, 4) is 0 Å². The highest BCUT2D eigenvalue weighted by molar-refractivity contribution is 9.10. The van der Waals surface area contributed by atoms with Crippen molar-refractivity contribution in [1.29, 1.82) is 0 Å². The molecule has 0 heterocycles. The van der Waals surface area contributed by atoms with E-state index in [2.05, 4.69) is 15.9 Å². The van der Waals surface area contributed by atoms with Crippen molar-refractivity contribution in [3.05, 3.63) is 33.8 Å². The largest absolute Gasteiger partial charge is 0.324 e. The van der Waals surface area contributed by atoms with Gasteiger partial charge in [0.15, 0.2) is 0 Å². The molecule has 6 heteroatoms. The van der Waals surface area contributed by atoms with Crippen LogP contribution < -0.4 is 5.73 Å². The molecule has 0 aliphatic heterocycles. The Labute approximate surface area is 100 Å². The zero-order valence-corrected chi connectivity index (χ0v) is 10.0. The van der Waals surface area contributed by atoms with Gasteiger partial charge < -0.3 is 5.73 Å². The van der Waals surface area contributed by atoms with Gasteiger partial charge in [0.05, 0.1) is 6.67 Å². The molecule has 0 unspecified atom stereocenters. The van der Waals surface area contributed by atoms with E-state index in [9.17, 15) is 13.2 Å². The summed E-state index contributed by atoms with van der Waals surface area (Å²) in [5, 5.41) is 0. The van der Waals surface area contributed by atoms with E-state index in [1.165, 1.54) is 0 Å². The number of hydrogen-bond acceptors (Lipinski definition) is 1. The lowest BCUT2D eigenvalue weighted by Gasteiger charge is -2.12. The predicted octanol–water partition coefficient (Wildman–Crippen LogP) is 3.51. The van der Waals surface area contributed by atoms with Crippen LogP contribution in [0.15, 0.2) is 16.6 Å². The van der Waals surface area contributed by atoms with E-state index in [1.807, 2.05) is 0 Å². The highest BCUT2D eigenvalue weighted by atomic mass is 79.9. The Morgan fingerprint density at radius 2 is 1.73 bits per heavy atom. The van der Waals surface area contributed by atoms with Gasteiger partial charge in [-0.3, -0.25) is 4.39 Å². The Kier molecular flexibility index (Phi) is 6.24. The lowest BCUT2D eigenvalue weighted by Crippen LogP contribution is -2.15. The Balaban J connectivity index is 0.00000196. The molecule has 0 radical (unpaired) electrons. The monoisotopic (exact) mass is 303 g/mol. The normalized spacial score (nSPS) is 12.1. The summed E-state index contributed by atoms with van der Waals surface area (Å²) in [5.41, 5.74) is 5.16. The molecule has 0 saturated carbocycles. The summed E-state index contributed by atoms with van der Waals surface area (Å²) in [5.74, 6) is -1.50. The molecule has 0 amide bonds. The maximum Gasteiger partial charge on any atom is 0.132 e. The summed E-state index contributed by atoms with van der Waals surface area (Å²) in [6.07, 6.45) is -0.0878. The molecule has 15 heavy (non-hydrogen) atoms. The maximum atomic E-state index is 13.2. The van der Waals surface area contributed by atoms with Crippen LogP contribution in [0.4, 0.5) is 13.2 Å². The SMILES string of the molecule is Cl.N[C@@H](CCF)c1c(F)cc(Br)cc1F. The van der Waals surface area contributed by atoms with E-state index in [1.54, 1.807) is 0 Å². The van der Waals surface area contributed by atoms with Crippen LogP contribution in [0.1, 0.15) is 18.0 Å². The van der Waals surface area contributed by atoms with E-state index >= 15 is 0 Å².